The van der Waals surface area contributed by atoms with Crippen LogP contribution in [-0.4, -0.2) is 4.57 Å². The van der Waals surface area contributed by atoms with Crippen LogP contribution < -0.4 is 0 Å². The molecule has 50 heavy (non-hydrogen) atoms. The van der Waals surface area contributed by atoms with Crippen LogP contribution in [0.1, 0.15) is 35.4 Å². The molecule has 0 spiro atoms. The summed E-state index contributed by atoms with van der Waals surface area (Å²) in [5.74, 6) is 0.304. The fourth-order valence-electron chi connectivity index (χ4n) is 8.51. The summed E-state index contributed by atoms with van der Waals surface area (Å²) >= 11 is 0. The van der Waals surface area contributed by atoms with Crippen molar-refractivity contribution < 1.29 is 0 Å². The number of allylic oxidation sites excluding steroid dienone is 4. The van der Waals surface area contributed by atoms with E-state index in [-0.39, 0.29) is 0 Å². The topological polar surface area (TPSA) is 4.93 Å². The highest BCUT2D eigenvalue weighted by Crippen LogP contribution is 2.50. The van der Waals surface area contributed by atoms with E-state index in [1.807, 2.05) is 0 Å². The quantitative estimate of drug-likeness (QED) is 0.177. The van der Waals surface area contributed by atoms with Crippen molar-refractivity contribution in [3.05, 3.63) is 204 Å². The molecule has 0 aliphatic heterocycles. The summed E-state index contributed by atoms with van der Waals surface area (Å²) in [5, 5.41) is 2.54. The second kappa shape index (κ2) is 11.8. The predicted octanol–water partition coefficient (Wildman–Crippen LogP) is 13.0. The van der Waals surface area contributed by atoms with Crippen LogP contribution >= 0.6 is 0 Å². The largest absolute Gasteiger partial charge is 0.309 e. The molecule has 0 saturated carbocycles. The normalized spacial score (nSPS) is 15.1. The third-order valence-electron chi connectivity index (χ3n) is 10.8. The number of benzene rings is 7. The summed E-state index contributed by atoms with van der Waals surface area (Å²) in [7, 11) is 0. The van der Waals surface area contributed by atoms with Crippen LogP contribution in [0.3, 0.4) is 0 Å². The van der Waals surface area contributed by atoms with E-state index in [2.05, 4.69) is 187 Å². The van der Waals surface area contributed by atoms with E-state index in [9.17, 15) is 0 Å². The minimum Gasteiger partial charge on any atom is -0.309 e. The van der Waals surface area contributed by atoms with Crippen molar-refractivity contribution in [2.45, 2.75) is 18.8 Å². The molecule has 2 aliphatic carbocycles. The van der Waals surface area contributed by atoms with Crippen molar-refractivity contribution in [3.8, 4) is 39.1 Å². The number of nitrogens with zero attached hydrogens (tertiary/aromatic N) is 1. The third-order valence-corrected chi connectivity index (χ3v) is 10.8. The molecule has 1 heteroatoms. The van der Waals surface area contributed by atoms with Gasteiger partial charge >= 0.3 is 0 Å². The fraction of sp³-hybridized carbons (Fsp3) is 0.0612. The van der Waals surface area contributed by atoms with E-state index in [1.165, 1.54) is 88.7 Å². The van der Waals surface area contributed by atoms with Crippen LogP contribution in [0, 0.1) is 0 Å². The highest BCUT2D eigenvalue weighted by molar-refractivity contribution is 6.10. The molecule has 0 fully saturated rings. The van der Waals surface area contributed by atoms with E-state index in [1.54, 1.807) is 0 Å². The van der Waals surface area contributed by atoms with Crippen molar-refractivity contribution in [2.24, 2.45) is 0 Å². The van der Waals surface area contributed by atoms with Gasteiger partial charge in [-0.2, -0.15) is 0 Å². The minimum atomic E-state index is 0.304. The molecule has 1 unspecified atom stereocenters. The van der Waals surface area contributed by atoms with Gasteiger partial charge in [-0.15, -0.1) is 0 Å². The van der Waals surface area contributed by atoms with Gasteiger partial charge in [-0.1, -0.05) is 140 Å². The van der Waals surface area contributed by atoms with Crippen molar-refractivity contribution in [1.29, 1.82) is 0 Å². The van der Waals surface area contributed by atoms with Crippen LogP contribution in [0.4, 0.5) is 0 Å². The Hall–Kier alpha value is -6.18. The van der Waals surface area contributed by atoms with Gasteiger partial charge < -0.3 is 4.57 Å². The number of hydrogen-bond acceptors (Lipinski definition) is 0. The second-order valence-electron chi connectivity index (χ2n) is 13.6. The Bertz CT molecular complexity index is 2630. The van der Waals surface area contributed by atoms with E-state index in [0.29, 0.717) is 5.92 Å². The van der Waals surface area contributed by atoms with Crippen molar-refractivity contribution in [3.63, 3.8) is 0 Å². The first-order valence-corrected chi connectivity index (χ1v) is 17.7. The monoisotopic (exact) mass is 637 g/mol. The lowest BCUT2D eigenvalue weighted by atomic mass is 9.86. The van der Waals surface area contributed by atoms with E-state index in [0.717, 1.165) is 12.8 Å². The summed E-state index contributed by atoms with van der Waals surface area (Å²) in [5.41, 5.74) is 18.3. The maximum atomic E-state index is 2.46. The molecule has 7 aromatic carbocycles. The lowest BCUT2D eigenvalue weighted by molar-refractivity contribution is 0.977. The third kappa shape index (κ3) is 4.62. The highest BCUT2D eigenvalue weighted by atomic mass is 15.0. The molecular formula is C49H35N. The number of aromatic nitrogens is 1. The van der Waals surface area contributed by atoms with Gasteiger partial charge in [-0.3, -0.25) is 0 Å². The zero-order valence-electron chi connectivity index (χ0n) is 27.8. The Morgan fingerprint density at radius 2 is 1.12 bits per heavy atom. The molecule has 0 radical (unpaired) electrons. The van der Waals surface area contributed by atoms with Gasteiger partial charge in [0.25, 0.3) is 0 Å². The maximum Gasteiger partial charge on any atom is 0.0541 e. The van der Waals surface area contributed by atoms with Crippen molar-refractivity contribution in [1.82, 2.24) is 4.57 Å². The number of para-hydroxylation sites is 2. The molecule has 0 N–H and O–H groups in total. The Kier molecular flexibility index (Phi) is 6.77. The van der Waals surface area contributed by atoms with Gasteiger partial charge in [0.05, 0.1) is 11.0 Å². The van der Waals surface area contributed by atoms with Crippen LogP contribution in [0.5, 0.6) is 0 Å². The average Bonchev–Trinajstić information content (AvgIpc) is 3.71. The van der Waals surface area contributed by atoms with Gasteiger partial charge in [0.2, 0.25) is 0 Å². The SMILES string of the molecule is C1=CC2=C(CC1)c1cc(-c3ccccc3-c3cccc(-c4ccc5c(c4)c4ccccc4n5-c4ccccc4)c3)ccc1C2c1ccccc1. The van der Waals surface area contributed by atoms with Gasteiger partial charge in [0.1, 0.15) is 0 Å². The molecule has 8 aromatic rings. The highest BCUT2D eigenvalue weighted by Gasteiger charge is 2.32. The average molecular weight is 638 g/mol. The van der Waals surface area contributed by atoms with Gasteiger partial charge in [-0.05, 0) is 117 Å². The molecule has 1 atom stereocenters. The molecule has 0 bridgehead atoms. The van der Waals surface area contributed by atoms with Crippen LogP contribution in [0.15, 0.2) is 188 Å². The molecule has 1 heterocycles. The molecule has 10 rings (SSSR count). The molecule has 236 valence electrons. The Balaban J connectivity index is 1.06. The van der Waals surface area contributed by atoms with Gasteiger partial charge in [0.15, 0.2) is 0 Å². The summed E-state index contributed by atoms with van der Waals surface area (Å²) in [6.45, 7) is 0. The first-order chi connectivity index (χ1) is 24.8. The Morgan fingerprint density at radius 1 is 0.460 bits per heavy atom. The summed E-state index contributed by atoms with van der Waals surface area (Å²) in [6, 6.07) is 62.5. The number of rotatable bonds is 5. The van der Waals surface area contributed by atoms with E-state index < -0.39 is 0 Å². The van der Waals surface area contributed by atoms with E-state index in [4.69, 9.17) is 0 Å². The Labute approximate surface area is 293 Å². The molecule has 0 saturated heterocycles. The predicted molar refractivity (Wildman–Crippen MR) is 211 cm³/mol. The standard InChI is InChI=1S/C49H35N/c1-3-14-33(15-4-1)49-43-24-10-9-22-41(43)45-32-37(26-28-44(45)49)40-21-8-7-20-39(40)36-17-13-16-34(30-36)35-27-29-48-46(31-35)42-23-11-12-25-47(42)50(48)38-18-5-2-6-19-38/h1-8,10-21,23-32,49H,9,22H2. The number of hydrogen-bond donors (Lipinski definition) is 0. The van der Waals surface area contributed by atoms with Crippen molar-refractivity contribution >= 4 is 27.4 Å². The smallest absolute Gasteiger partial charge is 0.0541 e. The second-order valence-corrected chi connectivity index (χ2v) is 13.6. The lowest BCUT2D eigenvalue weighted by Crippen LogP contribution is -2.00. The van der Waals surface area contributed by atoms with Gasteiger partial charge in [0, 0.05) is 22.4 Å². The minimum absolute atomic E-state index is 0.304. The molecule has 1 nitrogen and oxygen atoms in total. The summed E-state index contributed by atoms with van der Waals surface area (Å²) in [6.07, 6.45) is 6.94. The molecular weight excluding hydrogens is 603 g/mol. The van der Waals surface area contributed by atoms with Crippen molar-refractivity contribution in [2.75, 3.05) is 0 Å². The van der Waals surface area contributed by atoms with E-state index >= 15 is 0 Å². The van der Waals surface area contributed by atoms with Crippen LogP contribution in [0.2, 0.25) is 0 Å². The summed E-state index contributed by atoms with van der Waals surface area (Å²) < 4.78 is 2.38. The lowest BCUT2D eigenvalue weighted by Gasteiger charge is -2.17. The molecule has 2 aliphatic rings. The van der Waals surface area contributed by atoms with Crippen LogP contribution in [-0.2, 0) is 0 Å². The van der Waals surface area contributed by atoms with Gasteiger partial charge in [-0.25, -0.2) is 0 Å². The zero-order valence-corrected chi connectivity index (χ0v) is 27.8. The first-order valence-electron chi connectivity index (χ1n) is 17.7. The number of fused-ring (bicyclic) bond motifs is 5. The molecule has 0 amide bonds. The first kappa shape index (κ1) is 28.8. The van der Waals surface area contributed by atoms with Crippen LogP contribution in [0.25, 0.3) is 66.4 Å². The summed E-state index contributed by atoms with van der Waals surface area (Å²) in [4.78, 5) is 0. The fourth-order valence-corrected chi connectivity index (χ4v) is 8.51. The maximum absolute atomic E-state index is 2.46. The molecule has 1 aromatic heterocycles. The Morgan fingerprint density at radius 3 is 1.96 bits per heavy atom. The zero-order chi connectivity index (χ0) is 33.0.